The van der Waals surface area contributed by atoms with Crippen LogP contribution >= 0.6 is 11.6 Å². The van der Waals surface area contributed by atoms with Crippen molar-refractivity contribution in [1.29, 1.82) is 0 Å². The summed E-state index contributed by atoms with van der Waals surface area (Å²) in [5.74, 6) is -0.0715. The molecule has 0 radical (unpaired) electrons. The molecule has 0 saturated heterocycles. The van der Waals surface area contributed by atoms with Crippen molar-refractivity contribution in [3.05, 3.63) is 59.1 Å². The summed E-state index contributed by atoms with van der Waals surface area (Å²) in [5.41, 5.74) is 7.98. The number of aryl methyl sites for hydroxylation is 1. The number of carbonyl (C=O) groups excluding carboxylic acids is 1. The van der Waals surface area contributed by atoms with Crippen LogP contribution in [0.1, 0.15) is 12.0 Å². The summed E-state index contributed by atoms with van der Waals surface area (Å²) in [7, 11) is 0. The first-order chi connectivity index (χ1) is 9.15. The molecule has 0 aliphatic rings. The third kappa shape index (κ3) is 4.00. The van der Waals surface area contributed by atoms with E-state index in [1.54, 1.807) is 18.2 Å². The molecule has 3 nitrogen and oxygen atoms in total. The molecule has 0 heterocycles. The fourth-order valence-electron chi connectivity index (χ4n) is 1.75. The molecule has 0 spiro atoms. The van der Waals surface area contributed by atoms with Gasteiger partial charge in [-0.15, -0.1) is 0 Å². The number of nitrogen functional groups attached to an aromatic ring is 1. The number of amides is 1. The van der Waals surface area contributed by atoms with E-state index >= 15 is 0 Å². The highest BCUT2D eigenvalue weighted by Crippen LogP contribution is 2.23. The molecule has 0 atom stereocenters. The second-order valence-electron chi connectivity index (χ2n) is 4.27. The summed E-state index contributed by atoms with van der Waals surface area (Å²) >= 11 is 5.87. The quantitative estimate of drug-likeness (QED) is 0.839. The second kappa shape index (κ2) is 6.25. The molecular formula is C15H15ClN2O. The Hall–Kier alpha value is -2.00. The van der Waals surface area contributed by atoms with E-state index in [1.807, 2.05) is 30.3 Å². The van der Waals surface area contributed by atoms with Crippen molar-refractivity contribution in [3.8, 4) is 0 Å². The van der Waals surface area contributed by atoms with E-state index in [-0.39, 0.29) is 5.91 Å². The van der Waals surface area contributed by atoms with E-state index in [9.17, 15) is 4.79 Å². The first-order valence-electron chi connectivity index (χ1n) is 6.04. The molecule has 2 rings (SSSR count). The number of nitrogens with two attached hydrogens (primary N) is 1. The zero-order valence-electron chi connectivity index (χ0n) is 10.4. The predicted molar refractivity (Wildman–Crippen MR) is 79.3 cm³/mol. The molecular weight excluding hydrogens is 260 g/mol. The molecule has 0 aromatic heterocycles. The lowest BCUT2D eigenvalue weighted by Gasteiger charge is -2.08. The predicted octanol–water partition coefficient (Wildman–Crippen LogP) is 3.49. The van der Waals surface area contributed by atoms with Crippen LogP contribution < -0.4 is 11.1 Å². The normalized spacial score (nSPS) is 10.2. The van der Waals surface area contributed by atoms with Crippen molar-refractivity contribution in [1.82, 2.24) is 0 Å². The smallest absolute Gasteiger partial charge is 0.224 e. The Balaban J connectivity index is 1.93. The minimum atomic E-state index is -0.0715. The van der Waals surface area contributed by atoms with Crippen LogP contribution in [0.15, 0.2) is 48.5 Å². The molecule has 1 amide bonds. The third-order valence-corrected chi connectivity index (χ3v) is 3.01. The maximum absolute atomic E-state index is 11.8. The molecule has 0 saturated carbocycles. The van der Waals surface area contributed by atoms with Gasteiger partial charge >= 0.3 is 0 Å². The van der Waals surface area contributed by atoms with Crippen LogP contribution in [0.4, 0.5) is 11.4 Å². The number of benzene rings is 2. The number of halogens is 1. The van der Waals surface area contributed by atoms with Crippen molar-refractivity contribution >= 4 is 28.9 Å². The van der Waals surface area contributed by atoms with E-state index in [4.69, 9.17) is 17.3 Å². The average molecular weight is 275 g/mol. The van der Waals surface area contributed by atoms with Gasteiger partial charge in [0.1, 0.15) is 0 Å². The lowest BCUT2D eigenvalue weighted by molar-refractivity contribution is -0.116. The van der Waals surface area contributed by atoms with Gasteiger partial charge in [-0.25, -0.2) is 0 Å². The Morgan fingerprint density at radius 3 is 2.63 bits per heavy atom. The molecule has 0 aliphatic heterocycles. The van der Waals surface area contributed by atoms with Gasteiger partial charge in [0.05, 0.1) is 11.4 Å². The van der Waals surface area contributed by atoms with Gasteiger partial charge in [-0.05, 0) is 30.2 Å². The van der Waals surface area contributed by atoms with E-state index < -0.39 is 0 Å². The lowest BCUT2D eigenvalue weighted by Crippen LogP contribution is -2.13. The van der Waals surface area contributed by atoms with Crippen LogP contribution in [-0.2, 0) is 11.2 Å². The standard InChI is InChI=1S/C15H15ClN2O/c16-12-7-8-13(17)14(10-12)18-15(19)9-6-11-4-2-1-3-5-11/h1-5,7-8,10H,6,9,17H2,(H,18,19). The summed E-state index contributed by atoms with van der Waals surface area (Å²) in [6.45, 7) is 0. The third-order valence-electron chi connectivity index (χ3n) is 2.77. The minimum absolute atomic E-state index is 0.0715. The Bertz CT molecular complexity index is 570. The molecule has 2 aromatic rings. The Morgan fingerprint density at radius 1 is 1.16 bits per heavy atom. The maximum Gasteiger partial charge on any atom is 0.224 e. The highest BCUT2D eigenvalue weighted by Gasteiger charge is 2.06. The summed E-state index contributed by atoms with van der Waals surface area (Å²) in [6, 6.07) is 14.9. The zero-order chi connectivity index (χ0) is 13.7. The number of anilines is 2. The van der Waals surface area contributed by atoms with Gasteiger partial charge in [0.15, 0.2) is 0 Å². The lowest BCUT2D eigenvalue weighted by atomic mass is 10.1. The van der Waals surface area contributed by atoms with Crippen LogP contribution in [0.5, 0.6) is 0 Å². The summed E-state index contributed by atoms with van der Waals surface area (Å²) in [6.07, 6.45) is 1.11. The molecule has 0 unspecified atom stereocenters. The van der Waals surface area contributed by atoms with Crippen molar-refractivity contribution in [2.45, 2.75) is 12.8 Å². The summed E-state index contributed by atoms with van der Waals surface area (Å²) < 4.78 is 0. The van der Waals surface area contributed by atoms with Crippen molar-refractivity contribution < 1.29 is 4.79 Å². The van der Waals surface area contributed by atoms with E-state index in [0.717, 1.165) is 5.56 Å². The topological polar surface area (TPSA) is 55.1 Å². The number of carbonyl (C=O) groups is 1. The van der Waals surface area contributed by atoms with Crippen molar-refractivity contribution in [2.24, 2.45) is 0 Å². The van der Waals surface area contributed by atoms with E-state index in [0.29, 0.717) is 29.2 Å². The van der Waals surface area contributed by atoms with Crippen LogP contribution in [-0.4, -0.2) is 5.91 Å². The molecule has 98 valence electrons. The molecule has 0 bridgehead atoms. The Morgan fingerprint density at radius 2 is 1.89 bits per heavy atom. The molecule has 3 N–H and O–H groups in total. The van der Waals surface area contributed by atoms with Gasteiger partial charge < -0.3 is 11.1 Å². The Labute approximate surface area is 117 Å². The maximum atomic E-state index is 11.8. The van der Waals surface area contributed by atoms with E-state index in [1.165, 1.54) is 0 Å². The average Bonchev–Trinajstić information content (AvgIpc) is 2.42. The van der Waals surface area contributed by atoms with E-state index in [2.05, 4.69) is 5.32 Å². The fourth-order valence-corrected chi connectivity index (χ4v) is 1.92. The SMILES string of the molecule is Nc1ccc(Cl)cc1NC(=O)CCc1ccccc1. The number of hydrogen-bond donors (Lipinski definition) is 2. The largest absolute Gasteiger partial charge is 0.397 e. The fraction of sp³-hybridized carbons (Fsp3) is 0.133. The highest BCUT2D eigenvalue weighted by atomic mass is 35.5. The van der Waals surface area contributed by atoms with Crippen LogP contribution in [0, 0.1) is 0 Å². The molecule has 0 fully saturated rings. The summed E-state index contributed by atoms with van der Waals surface area (Å²) in [4.78, 5) is 11.8. The van der Waals surface area contributed by atoms with Gasteiger partial charge in [0.25, 0.3) is 0 Å². The first-order valence-corrected chi connectivity index (χ1v) is 6.42. The number of hydrogen-bond acceptors (Lipinski definition) is 2. The molecule has 2 aromatic carbocycles. The molecule has 4 heteroatoms. The second-order valence-corrected chi connectivity index (χ2v) is 4.70. The molecule has 0 aliphatic carbocycles. The van der Waals surface area contributed by atoms with Crippen LogP contribution in [0.25, 0.3) is 0 Å². The van der Waals surface area contributed by atoms with Gasteiger partial charge in [-0.3, -0.25) is 4.79 Å². The van der Waals surface area contributed by atoms with Crippen molar-refractivity contribution in [3.63, 3.8) is 0 Å². The van der Waals surface area contributed by atoms with Gasteiger partial charge in [-0.1, -0.05) is 41.9 Å². The zero-order valence-corrected chi connectivity index (χ0v) is 11.2. The highest BCUT2D eigenvalue weighted by molar-refractivity contribution is 6.31. The summed E-state index contributed by atoms with van der Waals surface area (Å²) in [5, 5.41) is 3.32. The van der Waals surface area contributed by atoms with Gasteiger partial charge in [0.2, 0.25) is 5.91 Å². The minimum Gasteiger partial charge on any atom is -0.397 e. The van der Waals surface area contributed by atoms with Gasteiger partial charge in [0, 0.05) is 11.4 Å². The van der Waals surface area contributed by atoms with Crippen molar-refractivity contribution in [2.75, 3.05) is 11.1 Å². The monoisotopic (exact) mass is 274 g/mol. The Kier molecular flexibility index (Phi) is 4.42. The van der Waals surface area contributed by atoms with Crippen LogP contribution in [0.3, 0.4) is 0 Å². The van der Waals surface area contributed by atoms with Crippen LogP contribution in [0.2, 0.25) is 5.02 Å². The number of nitrogens with one attached hydrogen (secondary N) is 1. The first kappa shape index (κ1) is 13.4. The van der Waals surface area contributed by atoms with Gasteiger partial charge in [-0.2, -0.15) is 0 Å². The molecule has 19 heavy (non-hydrogen) atoms. The number of rotatable bonds is 4.